The lowest BCUT2D eigenvalue weighted by molar-refractivity contribution is -0.125. The summed E-state index contributed by atoms with van der Waals surface area (Å²) in [7, 11) is 5.62. The Morgan fingerprint density at radius 2 is 1.70 bits per heavy atom. The zero-order valence-electron chi connectivity index (χ0n) is 40.0. The number of likely N-dealkylation sites (tertiary alicyclic amines) is 1. The van der Waals surface area contributed by atoms with Crippen molar-refractivity contribution in [1.82, 2.24) is 35.3 Å². The van der Waals surface area contributed by atoms with Crippen LogP contribution in [-0.2, 0) is 27.5 Å². The maximum Gasteiger partial charge on any atom is 0.255 e. The Balaban J connectivity index is 0.792. The number of halogens is 2. The summed E-state index contributed by atoms with van der Waals surface area (Å²) in [6.07, 6.45) is 9.30. The van der Waals surface area contributed by atoms with Crippen LogP contribution in [0.5, 0.6) is 0 Å². The van der Waals surface area contributed by atoms with E-state index in [1.807, 2.05) is 25.2 Å². The number of carbonyl (C=O) groups excluding carboxylic acids is 4. The second-order valence-corrected chi connectivity index (χ2v) is 20.6. The quantitative estimate of drug-likeness (QED) is 0.135. The van der Waals surface area contributed by atoms with E-state index in [1.54, 1.807) is 23.2 Å². The Bertz CT molecular complexity index is 2270. The van der Waals surface area contributed by atoms with Crippen LogP contribution in [0.4, 0.5) is 31.8 Å². The third kappa shape index (κ3) is 10.4. The number of benzene rings is 2. The Morgan fingerprint density at radius 1 is 0.955 bits per heavy atom. The normalized spacial score (nSPS) is 20.3. The lowest BCUT2D eigenvalue weighted by Gasteiger charge is -2.61. The molecule has 17 heteroatoms. The van der Waals surface area contributed by atoms with Crippen LogP contribution in [0.15, 0.2) is 42.7 Å². The fourth-order valence-corrected chi connectivity index (χ4v) is 11.2. The number of piperidine rings is 2. The molecular formula is C50H69F2N11O4. The number of anilines is 4. The average Bonchev–Trinajstić information content (AvgIpc) is 3.63. The predicted octanol–water partition coefficient (Wildman–Crippen LogP) is 4.70. The van der Waals surface area contributed by atoms with Crippen LogP contribution in [0.25, 0.3) is 0 Å². The SMILES string of the molecule is CNC(=O)C(CCC=O)N1Cc2c(cccc2N2CC3(CC(N(C)CCNc4cc(N5CCC(CN(CC=O)c6cc(F)c(CN7CCC(C)(C)CC7)cc6F)(NC)CC5)ncn4)C3)C2)C1=O. The molecule has 3 N–H and O–H groups in total. The summed E-state index contributed by atoms with van der Waals surface area (Å²) < 4.78 is 31.4. The maximum absolute atomic E-state index is 15.8. The van der Waals surface area contributed by atoms with Gasteiger partial charge in [0.25, 0.3) is 5.91 Å². The molecule has 5 aliphatic rings. The van der Waals surface area contributed by atoms with Crippen LogP contribution < -0.4 is 30.7 Å². The highest BCUT2D eigenvalue weighted by Crippen LogP contribution is 2.52. The second kappa shape index (κ2) is 20.1. The van der Waals surface area contributed by atoms with Gasteiger partial charge in [-0.05, 0) is 95.7 Å². The van der Waals surface area contributed by atoms with E-state index in [2.05, 4.69) is 72.5 Å². The zero-order chi connectivity index (χ0) is 47.5. The molecule has 3 saturated heterocycles. The minimum Gasteiger partial charge on any atom is -0.370 e. The number of hydrogen-bond donors (Lipinski definition) is 3. The molecular weight excluding hydrogens is 857 g/mol. The van der Waals surface area contributed by atoms with Crippen molar-refractivity contribution in [2.45, 2.75) is 95.9 Å². The van der Waals surface area contributed by atoms with Crippen molar-refractivity contribution in [3.05, 3.63) is 71.1 Å². The first-order chi connectivity index (χ1) is 32.2. The largest absolute Gasteiger partial charge is 0.370 e. The van der Waals surface area contributed by atoms with E-state index < -0.39 is 23.2 Å². The third-order valence-electron chi connectivity index (χ3n) is 15.7. The summed E-state index contributed by atoms with van der Waals surface area (Å²) in [4.78, 5) is 70.7. The summed E-state index contributed by atoms with van der Waals surface area (Å²) in [6, 6.07) is 10.2. The van der Waals surface area contributed by atoms with Gasteiger partial charge in [-0.3, -0.25) is 14.5 Å². The number of carbonyl (C=O) groups is 4. The van der Waals surface area contributed by atoms with E-state index in [0.29, 0.717) is 69.2 Å². The van der Waals surface area contributed by atoms with Crippen molar-refractivity contribution >= 4 is 47.4 Å². The molecule has 2 aromatic carbocycles. The summed E-state index contributed by atoms with van der Waals surface area (Å²) >= 11 is 0. The number of hydrogen-bond acceptors (Lipinski definition) is 13. The van der Waals surface area contributed by atoms with E-state index in [0.717, 1.165) is 100 Å². The van der Waals surface area contributed by atoms with Crippen LogP contribution in [0.2, 0.25) is 0 Å². The molecule has 3 aromatic rings. The number of rotatable bonds is 20. The highest BCUT2D eigenvalue weighted by atomic mass is 19.1. The number of nitrogens with zero attached hydrogens (tertiary/aromatic N) is 8. The van der Waals surface area contributed by atoms with Gasteiger partial charge in [0.05, 0.1) is 12.2 Å². The molecule has 1 saturated carbocycles. The van der Waals surface area contributed by atoms with Crippen LogP contribution in [0, 0.1) is 22.5 Å². The Kier molecular flexibility index (Phi) is 14.5. The smallest absolute Gasteiger partial charge is 0.255 e. The summed E-state index contributed by atoms with van der Waals surface area (Å²) in [5.74, 6) is 0.191. The van der Waals surface area contributed by atoms with Gasteiger partial charge in [-0.2, -0.15) is 0 Å². The van der Waals surface area contributed by atoms with E-state index in [9.17, 15) is 19.2 Å². The highest BCUT2D eigenvalue weighted by molar-refractivity contribution is 6.02. The summed E-state index contributed by atoms with van der Waals surface area (Å²) in [5.41, 5.74) is 3.19. The molecule has 15 nitrogen and oxygen atoms in total. The van der Waals surface area contributed by atoms with Crippen molar-refractivity contribution in [2.75, 3.05) is 107 Å². The van der Waals surface area contributed by atoms with Gasteiger partial charge in [0, 0.05) is 124 Å². The predicted molar refractivity (Wildman–Crippen MR) is 256 cm³/mol. The molecule has 5 heterocycles. The van der Waals surface area contributed by atoms with Gasteiger partial charge in [0.1, 0.15) is 48.2 Å². The van der Waals surface area contributed by atoms with Crippen molar-refractivity contribution in [1.29, 1.82) is 0 Å². The summed E-state index contributed by atoms with van der Waals surface area (Å²) in [6.45, 7) is 12.0. The molecule has 1 spiro atoms. The van der Waals surface area contributed by atoms with Gasteiger partial charge in [0.15, 0.2) is 0 Å². The molecule has 1 unspecified atom stereocenters. The van der Waals surface area contributed by atoms with Gasteiger partial charge in [0.2, 0.25) is 5.91 Å². The number of likely N-dealkylation sites (N-methyl/N-ethyl adjacent to an activating group) is 3. The fraction of sp³-hybridized carbons (Fsp3) is 0.600. The molecule has 1 aliphatic carbocycles. The minimum atomic E-state index is -0.685. The lowest BCUT2D eigenvalue weighted by Crippen LogP contribution is -2.66. The molecule has 0 radical (unpaired) electrons. The molecule has 0 bridgehead atoms. The molecule has 4 aliphatic heterocycles. The second-order valence-electron chi connectivity index (χ2n) is 20.6. The van der Waals surface area contributed by atoms with Crippen LogP contribution in [-0.4, -0.2) is 153 Å². The van der Waals surface area contributed by atoms with Crippen molar-refractivity contribution in [3.8, 4) is 0 Å². The van der Waals surface area contributed by atoms with Crippen molar-refractivity contribution < 1.29 is 28.0 Å². The first-order valence-corrected chi connectivity index (χ1v) is 24.1. The fourth-order valence-electron chi connectivity index (χ4n) is 11.2. The standard InChI is InChI=1S/C50H69F2N11O4/c1-48(2)11-16-59(17-12-48)29-35-24-40(52)43(25-39(35)51)61(21-23-65)33-50(54-4)13-18-60(19-14-50)45-26-44(56-34-57-45)55-15-20-58(5)36-27-49(28-36)31-62(32-49)41-9-6-8-37-38(41)30-63(47(37)67)42(10-7-22-64)46(66)53-3/h6,8-9,22-26,34,36,42,54H,7,10-21,27-33H2,1-5H3,(H,53,66)(H,55,56,57). The third-order valence-corrected chi connectivity index (χ3v) is 15.7. The van der Waals surface area contributed by atoms with E-state index in [4.69, 9.17) is 0 Å². The lowest BCUT2D eigenvalue weighted by atomic mass is 9.60. The zero-order valence-corrected chi connectivity index (χ0v) is 40.0. The monoisotopic (exact) mass is 926 g/mol. The minimum absolute atomic E-state index is 0.0465. The first kappa shape index (κ1) is 48.2. The van der Waals surface area contributed by atoms with E-state index in [-0.39, 0.29) is 41.3 Å². The molecule has 2 amide bonds. The number of aldehydes is 2. The number of fused-ring (bicyclic) bond motifs is 1. The van der Waals surface area contributed by atoms with Crippen LogP contribution in [0.3, 0.4) is 0 Å². The average molecular weight is 926 g/mol. The molecule has 362 valence electrons. The van der Waals surface area contributed by atoms with Crippen LogP contribution in [0.1, 0.15) is 86.7 Å². The van der Waals surface area contributed by atoms with Gasteiger partial charge in [-0.25, -0.2) is 18.7 Å². The number of aromatic nitrogens is 2. The summed E-state index contributed by atoms with van der Waals surface area (Å²) in [5, 5.41) is 9.64. The van der Waals surface area contributed by atoms with Gasteiger partial charge in [-0.15, -0.1) is 0 Å². The molecule has 8 rings (SSSR count). The number of nitrogens with one attached hydrogen (secondary N) is 3. The molecule has 1 aromatic heterocycles. The first-order valence-electron chi connectivity index (χ1n) is 24.1. The van der Waals surface area contributed by atoms with Gasteiger partial charge >= 0.3 is 0 Å². The van der Waals surface area contributed by atoms with E-state index >= 15 is 8.78 Å². The highest BCUT2D eigenvalue weighted by Gasteiger charge is 2.54. The molecule has 4 fully saturated rings. The Labute approximate surface area is 394 Å². The van der Waals surface area contributed by atoms with E-state index in [1.165, 1.54) is 12.1 Å². The van der Waals surface area contributed by atoms with Gasteiger partial charge < -0.3 is 50.0 Å². The van der Waals surface area contributed by atoms with Gasteiger partial charge in [-0.1, -0.05) is 19.9 Å². The maximum atomic E-state index is 15.8. The topological polar surface area (TPSA) is 150 Å². The van der Waals surface area contributed by atoms with Crippen LogP contribution >= 0.6 is 0 Å². The molecule has 67 heavy (non-hydrogen) atoms. The van der Waals surface area contributed by atoms with Crippen molar-refractivity contribution in [3.63, 3.8) is 0 Å². The Morgan fingerprint density at radius 3 is 2.39 bits per heavy atom. The Hall–Kier alpha value is -5.26. The number of amides is 2. The van der Waals surface area contributed by atoms with Crippen molar-refractivity contribution in [2.24, 2.45) is 10.8 Å². The molecule has 1 atom stereocenters.